The van der Waals surface area contributed by atoms with E-state index in [-0.39, 0.29) is 45.7 Å². The van der Waals surface area contributed by atoms with Crippen LogP contribution >= 0.6 is 0 Å². The summed E-state index contributed by atoms with van der Waals surface area (Å²) < 4.78 is 143. The molecule has 0 fully saturated rings. The van der Waals surface area contributed by atoms with E-state index in [0.29, 0.717) is 12.8 Å². The van der Waals surface area contributed by atoms with Crippen molar-refractivity contribution in [2.45, 2.75) is 68.6 Å². The fraction of sp³-hybridized carbons (Fsp3) is 0.938. The van der Waals surface area contributed by atoms with Gasteiger partial charge in [0.2, 0.25) is 0 Å². The third-order valence-electron chi connectivity index (χ3n) is 3.44. The van der Waals surface area contributed by atoms with Crippen LogP contribution in [-0.2, 0) is 42.2 Å². The predicted octanol–water partition coefficient (Wildman–Crippen LogP) is 6.00. The molecule has 0 unspecified atom stereocenters. The monoisotopic (exact) mass is 526 g/mol. The van der Waals surface area contributed by atoms with Crippen LogP contribution in [0.4, 0.5) is 43.9 Å². The van der Waals surface area contributed by atoms with Crippen LogP contribution in [0.5, 0.6) is 0 Å². The van der Waals surface area contributed by atoms with Gasteiger partial charge in [0.1, 0.15) is 13.2 Å². The molecule has 2 nitrogen and oxygen atoms in total. The zero-order valence-electron chi connectivity index (χ0n) is 15.7. The summed E-state index contributed by atoms with van der Waals surface area (Å²) in [5, 5.41) is 0. The second kappa shape index (κ2) is 12.4. The third kappa shape index (κ3) is 10.5. The topological polar surface area (TPSA) is 18.5 Å². The van der Waals surface area contributed by atoms with E-state index < -0.39 is 62.3 Å². The Morgan fingerprint density at radius 3 is 1.69 bits per heavy atom. The van der Waals surface area contributed by atoms with Crippen molar-refractivity contribution in [3.63, 3.8) is 0 Å². The second-order valence-corrected chi connectivity index (χ2v) is 6.36. The molecule has 0 saturated heterocycles. The molecule has 0 aromatic heterocycles. The number of alkyl halides is 10. The number of unbranched alkanes of at least 4 members (excludes halogenated alkanes) is 1. The van der Waals surface area contributed by atoms with Gasteiger partial charge in [-0.15, -0.1) is 0 Å². The van der Waals surface area contributed by atoms with Crippen molar-refractivity contribution in [1.82, 2.24) is 0 Å². The largest absolute Gasteiger partial charge is 0.378 e. The first-order valence-electron chi connectivity index (χ1n) is 8.37. The van der Waals surface area contributed by atoms with Gasteiger partial charge < -0.3 is 16.4 Å². The van der Waals surface area contributed by atoms with E-state index in [1.165, 1.54) is 0 Å². The first kappa shape index (κ1) is 31.5. The Morgan fingerprint density at radius 2 is 1.21 bits per heavy atom. The molecule has 0 bridgehead atoms. The molecule has 0 atom stereocenters. The number of ether oxygens (including phenoxy) is 2. The maximum Gasteiger partial charge on any atom is 0.374 e. The van der Waals surface area contributed by atoms with Gasteiger partial charge in [0.15, 0.2) is 0 Å². The van der Waals surface area contributed by atoms with Crippen LogP contribution in [-0.4, -0.2) is 56.0 Å². The van der Waals surface area contributed by atoms with Gasteiger partial charge in [-0.3, -0.25) is 0 Å². The van der Waals surface area contributed by atoms with E-state index in [9.17, 15) is 43.9 Å². The predicted molar refractivity (Wildman–Crippen MR) is 80.5 cm³/mol. The van der Waals surface area contributed by atoms with Crippen molar-refractivity contribution in [3.05, 3.63) is 6.92 Å². The Labute approximate surface area is 187 Å². The molecule has 0 rings (SSSR count). The molecule has 0 aliphatic rings. The Kier molecular flexibility index (Phi) is 13.5. The van der Waals surface area contributed by atoms with Crippen molar-refractivity contribution >= 4 is 0 Å². The number of hydrogen-bond donors (Lipinski definition) is 0. The second-order valence-electron chi connectivity index (χ2n) is 6.36. The summed E-state index contributed by atoms with van der Waals surface area (Å²) in [7, 11) is 0. The summed E-state index contributed by atoms with van der Waals surface area (Å²) >= 11 is 0. The quantitative estimate of drug-likeness (QED) is 0.148. The Hall–Kier alpha value is 0.324. The molecule has 13 heteroatoms. The average Bonchev–Trinajstić information content (AvgIpc) is 2.49. The van der Waals surface area contributed by atoms with Crippen molar-refractivity contribution in [3.8, 4) is 0 Å². The summed E-state index contributed by atoms with van der Waals surface area (Å²) in [5.41, 5.74) is 0. The van der Waals surface area contributed by atoms with Crippen LogP contribution in [0.25, 0.3) is 0 Å². The Morgan fingerprint density at radius 1 is 0.690 bits per heavy atom. The molecule has 0 aliphatic carbocycles. The minimum absolute atomic E-state index is 0. The summed E-state index contributed by atoms with van der Waals surface area (Å²) in [6.45, 7) is 0.365. The van der Waals surface area contributed by atoms with Crippen molar-refractivity contribution in [2.75, 3.05) is 26.4 Å². The van der Waals surface area contributed by atoms with E-state index in [0.717, 1.165) is 0 Å². The van der Waals surface area contributed by atoms with Gasteiger partial charge in [-0.25, -0.2) is 17.6 Å². The standard InChI is InChI=1S/C16H23F10O2.Y/c1-3-5-7-28-10-13(19,20)8-12(17,18)9-14(21,22)16(25,26)15(23,24)11-27-6-4-2;/h2-11H2,1H3;/q-1;. The summed E-state index contributed by atoms with van der Waals surface area (Å²) in [5.74, 6) is -27.1. The van der Waals surface area contributed by atoms with E-state index in [2.05, 4.69) is 16.4 Å². The van der Waals surface area contributed by atoms with Crippen LogP contribution in [0.1, 0.15) is 39.0 Å². The smallest absolute Gasteiger partial charge is 0.374 e. The van der Waals surface area contributed by atoms with Crippen LogP contribution in [0.15, 0.2) is 0 Å². The molecule has 0 N–H and O–H groups in total. The summed E-state index contributed by atoms with van der Waals surface area (Å²) in [6.07, 6.45) is -4.99. The zero-order chi connectivity index (χ0) is 22.3. The Bertz CT molecular complexity index is 461. The molecular formula is C16H23F10O2Y-. The number of halogens is 10. The van der Waals surface area contributed by atoms with Gasteiger partial charge in [-0.1, -0.05) is 13.3 Å². The van der Waals surface area contributed by atoms with Crippen molar-refractivity contribution in [2.24, 2.45) is 0 Å². The summed E-state index contributed by atoms with van der Waals surface area (Å²) in [4.78, 5) is 0. The van der Waals surface area contributed by atoms with Gasteiger partial charge in [0, 0.05) is 45.9 Å². The van der Waals surface area contributed by atoms with E-state index >= 15 is 0 Å². The molecule has 173 valence electrons. The average molecular weight is 526 g/mol. The molecule has 0 spiro atoms. The number of hydrogen-bond acceptors (Lipinski definition) is 2. The van der Waals surface area contributed by atoms with Gasteiger partial charge in [0.05, 0.1) is 12.8 Å². The number of rotatable bonds is 15. The molecule has 0 saturated carbocycles. The van der Waals surface area contributed by atoms with E-state index in [1.54, 1.807) is 6.92 Å². The molecule has 0 amide bonds. The van der Waals surface area contributed by atoms with Gasteiger partial charge in [-0.05, 0) is 6.42 Å². The molecule has 0 aliphatic heterocycles. The van der Waals surface area contributed by atoms with Crippen molar-refractivity contribution < 1.29 is 86.1 Å². The fourth-order valence-electron chi connectivity index (χ4n) is 2.06. The maximum absolute atomic E-state index is 13.6. The molecule has 1 radical (unpaired) electrons. The molecule has 0 heterocycles. The fourth-order valence-corrected chi connectivity index (χ4v) is 2.06. The maximum atomic E-state index is 13.6. The van der Waals surface area contributed by atoms with Crippen LogP contribution in [0.2, 0.25) is 0 Å². The van der Waals surface area contributed by atoms with Crippen LogP contribution in [0, 0.1) is 6.92 Å². The molecule has 0 aromatic carbocycles. The SMILES string of the molecule is [CH2-]CCOCC(F)(F)C(F)(F)C(F)(F)CC(F)(F)CC(F)(F)COCCCC.[Y]. The molecule has 0 aromatic rings. The van der Waals surface area contributed by atoms with Gasteiger partial charge in [-0.2, -0.15) is 32.8 Å². The van der Waals surface area contributed by atoms with Gasteiger partial charge >= 0.3 is 17.8 Å². The third-order valence-corrected chi connectivity index (χ3v) is 3.44. The van der Waals surface area contributed by atoms with Crippen LogP contribution < -0.4 is 0 Å². The molecular weight excluding hydrogens is 503 g/mol. The minimum Gasteiger partial charge on any atom is -0.378 e. The van der Waals surface area contributed by atoms with E-state index in [4.69, 9.17) is 0 Å². The normalized spacial score (nSPS) is 14.1. The Balaban J connectivity index is 0. The first-order chi connectivity index (χ1) is 12.5. The first-order valence-corrected chi connectivity index (χ1v) is 8.37. The van der Waals surface area contributed by atoms with Crippen LogP contribution in [0.3, 0.4) is 0 Å². The molecule has 29 heavy (non-hydrogen) atoms. The summed E-state index contributed by atoms with van der Waals surface area (Å²) in [6, 6.07) is 0. The minimum atomic E-state index is -6.25. The van der Waals surface area contributed by atoms with E-state index in [1.807, 2.05) is 0 Å². The van der Waals surface area contributed by atoms with Gasteiger partial charge in [0.25, 0.3) is 11.8 Å². The zero-order valence-corrected chi connectivity index (χ0v) is 18.6. The van der Waals surface area contributed by atoms with Crippen molar-refractivity contribution in [1.29, 1.82) is 0 Å².